The average Bonchev–Trinajstić information content (AvgIpc) is 3.01. The van der Waals surface area contributed by atoms with Crippen molar-refractivity contribution in [3.8, 4) is 0 Å². The van der Waals surface area contributed by atoms with Gasteiger partial charge in [-0.1, -0.05) is 48.5 Å². The van der Waals surface area contributed by atoms with Gasteiger partial charge in [0.05, 0.1) is 15.8 Å². The molecule has 132 valence electrons. The van der Waals surface area contributed by atoms with Crippen molar-refractivity contribution >= 4 is 34.9 Å². The van der Waals surface area contributed by atoms with E-state index in [-0.39, 0.29) is 5.91 Å². The zero-order valence-corrected chi connectivity index (χ0v) is 15.5. The predicted molar refractivity (Wildman–Crippen MR) is 101 cm³/mol. The van der Waals surface area contributed by atoms with Gasteiger partial charge in [0.25, 0.3) is 5.91 Å². The van der Waals surface area contributed by atoms with Crippen LogP contribution in [0, 0.1) is 0 Å². The molecule has 0 bridgehead atoms. The summed E-state index contributed by atoms with van der Waals surface area (Å²) in [5.41, 5.74) is 0.836. The van der Waals surface area contributed by atoms with Gasteiger partial charge in [-0.25, -0.2) is 4.79 Å². The lowest BCUT2D eigenvalue weighted by Crippen LogP contribution is -3.12. The summed E-state index contributed by atoms with van der Waals surface area (Å²) in [6, 6.07) is 12.1. The minimum atomic E-state index is -0.544. The highest BCUT2D eigenvalue weighted by Crippen LogP contribution is 2.21. The van der Waals surface area contributed by atoms with Gasteiger partial charge >= 0.3 is 6.03 Å². The standard InChI is InChI=1S/C18H20ClN3O2S/c1-3-11-22(12-14-9-10-15(19)25-14)16(13-7-5-4-6-8-13)17(23)21-18(24)20-2/h3-10,16H,1,11-12H2,2H3,(H2,20,21,23,24)/p+1/t16-/m1/s1. The third-order valence-electron chi connectivity index (χ3n) is 3.70. The second-order valence-corrected chi connectivity index (χ2v) is 7.25. The Morgan fingerprint density at radius 2 is 2.00 bits per heavy atom. The Labute approximate surface area is 156 Å². The number of thiophene rings is 1. The van der Waals surface area contributed by atoms with E-state index in [4.69, 9.17) is 11.6 Å². The molecule has 1 aromatic heterocycles. The molecule has 5 nitrogen and oxygen atoms in total. The Balaban J connectivity index is 2.33. The summed E-state index contributed by atoms with van der Waals surface area (Å²) in [6.45, 7) is 4.97. The third-order valence-corrected chi connectivity index (χ3v) is 4.93. The number of hydrogen-bond donors (Lipinski definition) is 3. The SMILES string of the molecule is C=CC[NH+](Cc1ccc(Cl)s1)[C@@H](C(=O)NC(=O)NC)c1ccccc1. The zero-order chi connectivity index (χ0) is 18.2. The number of amides is 3. The summed E-state index contributed by atoms with van der Waals surface area (Å²) in [6.07, 6.45) is 1.77. The monoisotopic (exact) mass is 378 g/mol. The van der Waals surface area contributed by atoms with E-state index in [1.165, 1.54) is 18.4 Å². The second-order valence-electron chi connectivity index (χ2n) is 5.45. The van der Waals surface area contributed by atoms with Crippen LogP contribution in [0.25, 0.3) is 0 Å². The molecule has 3 N–H and O–H groups in total. The molecule has 0 radical (unpaired) electrons. The predicted octanol–water partition coefficient (Wildman–Crippen LogP) is 2.17. The average molecular weight is 379 g/mol. The van der Waals surface area contributed by atoms with E-state index in [9.17, 15) is 9.59 Å². The smallest absolute Gasteiger partial charge is 0.321 e. The first-order valence-electron chi connectivity index (χ1n) is 7.82. The van der Waals surface area contributed by atoms with E-state index < -0.39 is 12.1 Å². The maximum atomic E-state index is 12.8. The highest BCUT2D eigenvalue weighted by atomic mass is 35.5. The number of urea groups is 1. The van der Waals surface area contributed by atoms with Crippen LogP contribution in [-0.2, 0) is 11.3 Å². The number of carbonyl (C=O) groups excluding carboxylic acids is 2. The first-order chi connectivity index (χ1) is 12.0. The van der Waals surface area contributed by atoms with Gasteiger partial charge in [-0.2, -0.15) is 0 Å². The van der Waals surface area contributed by atoms with Crippen LogP contribution in [0.4, 0.5) is 4.79 Å². The molecular weight excluding hydrogens is 358 g/mol. The van der Waals surface area contributed by atoms with E-state index >= 15 is 0 Å². The third kappa shape index (κ3) is 5.42. The van der Waals surface area contributed by atoms with Crippen LogP contribution in [0.3, 0.4) is 0 Å². The molecule has 0 aliphatic heterocycles. The van der Waals surface area contributed by atoms with Crippen molar-refractivity contribution in [1.82, 2.24) is 10.6 Å². The Hall–Kier alpha value is -2.15. The molecule has 1 unspecified atom stereocenters. The number of halogens is 1. The van der Waals surface area contributed by atoms with Crippen molar-refractivity contribution in [2.75, 3.05) is 13.6 Å². The molecule has 1 heterocycles. The fraction of sp³-hybridized carbons (Fsp3) is 0.222. The van der Waals surface area contributed by atoms with Gasteiger partial charge in [-0.05, 0) is 18.2 Å². The molecular formula is C18H21ClN3O2S+. The molecule has 0 aliphatic rings. The van der Waals surface area contributed by atoms with E-state index in [0.717, 1.165) is 15.3 Å². The quantitative estimate of drug-likeness (QED) is 0.646. The lowest BCUT2D eigenvalue weighted by molar-refractivity contribution is -0.929. The number of benzene rings is 1. The topological polar surface area (TPSA) is 62.6 Å². The summed E-state index contributed by atoms with van der Waals surface area (Å²) in [7, 11) is 1.47. The highest BCUT2D eigenvalue weighted by Gasteiger charge is 2.32. The van der Waals surface area contributed by atoms with Crippen LogP contribution >= 0.6 is 22.9 Å². The van der Waals surface area contributed by atoms with Crippen LogP contribution in [-0.4, -0.2) is 25.5 Å². The van der Waals surface area contributed by atoms with E-state index in [2.05, 4.69) is 17.2 Å². The fourth-order valence-corrected chi connectivity index (χ4v) is 3.75. The molecule has 1 aromatic carbocycles. The summed E-state index contributed by atoms with van der Waals surface area (Å²) in [5, 5.41) is 4.80. The van der Waals surface area contributed by atoms with Gasteiger partial charge in [0.2, 0.25) is 0 Å². The minimum Gasteiger partial charge on any atom is -0.341 e. The Morgan fingerprint density at radius 3 is 2.56 bits per heavy atom. The minimum absolute atomic E-state index is 0.356. The van der Waals surface area contributed by atoms with Gasteiger partial charge in [0, 0.05) is 12.6 Å². The van der Waals surface area contributed by atoms with E-state index in [1.54, 1.807) is 6.08 Å². The number of quaternary nitrogens is 1. The Bertz CT molecular complexity index is 733. The lowest BCUT2D eigenvalue weighted by Gasteiger charge is -2.26. The Kier molecular flexibility index (Phi) is 7.18. The molecule has 0 saturated heterocycles. The molecule has 7 heteroatoms. The van der Waals surface area contributed by atoms with Gasteiger partial charge < -0.3 is 10.2 Å². The van der Waals surface area contributed by atoms with Gasteiger partial charge in [-0.3, -0.25) is 10.1 Å². The Morgan fingerprint density at radius 1 is 1.28 bits per heavy atom. The van der Waals surface area contributed by atoms with Crippen LogP contribution in [0.2, 0.25) is 4.34 Å². The molecule has 3 amide bonds. The zero-order valence-electron chi connectivity index (χ0n) is 13.9. The fourth-order valence-electron chi connectivity index (χ4n) is 2.61. The van der Waals surface area contributed by atoms with Crippen molar-refractivity contribution < 1.29 is 14.5 Å². The van der Waals surface area contributed by atoms with Gasteiger partial charge in [0.1, 0.15) is 6.54 Å². The molecule has 0 fully saturated rings. The number of hydrogen-bond acceptors (Lipinski definition) is 3. The lowest BCUT2D eigenvalue weighted by atomic mass is 10.0. The molecule has 0 saturated carbocycles. The molecule has 2 atom stereocenters. The summed E-state index contributed by atoms with van der Waals surface area (Å²) in [5.74, 6) is -0.356. The number of imide groups is 1. The van der Waals surface area contributed by atoms with Crippen molar-refractivity contribution in [2.24, 2.45) is 0 Å². The maximum Gasteiger partial charge on any atom is 0.321 e. The van der Waals surface area contributed by atoms with Gasteiger partial charge in [0.15, 0.2) is 6.04 Å². The van der Waals surface area contributed by atoms with Crippen LogP contribution in [0.1, 0.15) is 16.5 Å². The molecule has 2 rings (SSSR count). The van der Waals surface area contributed by atoms with E-state index in [0.29, 0.717) is 17.4 Å². The number of nitrogens with one attached hydrogen (secondary N) is 3. The van der Waals surface area contributed by atoms with Crippen molar-refractivity contribution in [3.63, 3.8) is 0 Å². The highest BCUT2D eigenvalue weighted by molar-refractivity contribution is 7.16. The van der Waals surface area contributed by atoms with Crippen molar-refractivity contribution in [1.29, 1.82) is 0 Å². The largest absolute Gasteiger partial charge is 0.341 e. The van der Waals surface area contributed by atoms with Gasteiger partial charge in [-0.15, -0.1) is 11.3 Å². The van der Waals surface area contributed by atoms with E-state index in [1.807, 2.05) is 42.5 Å². The summed E-state index contributed by atoms with van der Waals surface area (Å²) in [4.78, 5) is 26.4. The van der Waals surface area contributed by atoms with Crippen LogP contribution in [0.5, 0.6) is 0 Å². The molecule has 25 heavy (non-hydrogen) atoms. The normalized spacial score (nSPS) is 12.9. The van der Waals surface area contributed by atoms with Crippen LogP contribution < -0.4 is 15.5 Å². The molecule has 0 spiro atoms. The number of rotatable bonds is 7. The molecule has 0 aliphatic carbocycles. The van der Waals surface area contributed by atoms with Crippen molar-refractivity contribution in [2.45, 2.75) is 12.6 Å². The van der Waals surface area contributed by atoms with Crippen molar-refractivity contribution in [3.05, 3.63) is 69.9 Å². The second kappa shape index (κ2) is 9.36. The first-order valence-corrected chi connectivity index (χ1v) is 9.01. The maximum absolute atomic E-state index is 12.8. The first kappa shape index (κ1) is 19.2. The summed E-state index contributed by atoms with van der Waals surface area (Å²) >= 11 is 7.51. The summed E-state index contributed by atoms with van der Waals surface area (Å²) < 4.78 is 0.707. The van der Waals surface area contributed by atoms with Crippen LogP contribution in [0.15, 0.2) is 55.1 Å². The number of carbonyl (C=O) groups is 2. The molecule has 2 aromatic rings.